The Morgan fingerprint density at radius 3 is 2.34 bits per heavy atom. The highest BCUT2D eigenvalue weighted by molar-refractivity contribution is 7.92. The first-order valence-corrected chi connectivity index (χ1v) is 11.8. The number of aromatic nitrogens is 1. The van der Waals surface area contributed by atoms with Crippen LogP contribution in [0.2, 0.25) is 5.02 Å². The Balaban J connectivity index is 2.64. The van der Waals surface area contributed by atoms with Crippen LogP contribution in [0.1, 0.15) is 19.0 Å². The summed E-state index contributed by atoms with van der Waals surface area (Å²) in [5, 5.41) is 6.43. The summed E-state index contributed by atoms with van der Waals surface area (Å²) in [7, 11) is -4.72. The van der Waals surface area contributed by atoms with Crippen molar-refractivity contribution >= 4 is 45.1 Å². The molecule has 0 spiro atoms. The molecule has 13 nitrogen and oxygen atoms in total. The van der Waals surface area contributed by atoms with Gasteiger partial charge in [0.2, 0.25) is 11.9 Å². The van der Waals surface area contributed by atoms with Crippen molar-refractivity contribution in [1.29, 1.82) is 5.41 Å². The molecule has 0 aliphatic heterocycles. The van der Waals surface area contributed by atoms with E-state index in [0.717, 1.165) is 31.2 Å². The number of rotatable bonds is 10. The second kappa shape index (κ2) is 11.2. The van der Waals surface area contributed by atoms with Crippen LogP contribution in [-0.4, -0.2) is 43.8 Å². The number of primary amides is 1. The van der Waals surface area contributed by atoms with E-state index >= 15 is 0 Å². The standard InChI is InChI=1S/C19H19ClF4N6O7S/c1-18(15(25)32,6-7-36-28-17(26)27)13-5-3-11(14(31)30(13)37-16(33)19(22,23)24)29-38(34,35)12-4-2-9(21)8-10(12)20/h2-5,8,29H,6-7H2,1H3,(H2,25,32)(H4,26,27,28). The number of anilines is 1. The van der Waals surface area contributed by atoms with Gasteiger partial charge in [0.15, 0.2) is 0 Å². The first kappa shape index (κ1) is 30.3. The van der Waals surface area contributed by atoms with Crippen molar-refractivity contribution in [2.24, 2.45) is 11.5 Å². The Kier molecular flexibility index (Phi) is 8.96. The molecule has 1 atom stereocenters. The second-order valence-electron chi connectivity index (χ2n) is 7.60. The molecule has 19 heteroatoms. The third-order valence-corrected chi connectivity index (χ3v) is 6.72. The van der Waals surface area contributed by atoms with Gasteiger partial charge in [0.05, 0.1) is 22.7 Å². The highest BCUT2D eigenvalue weighted by Crippen LogP contribution is 2.29. The van der Waals surface area contributed by atoms with Crippen LogP contribution in [-0.2, 0) is 29.9 Å². The van der Waals surface area contributed by atoms with Crippen LogP contribution in [0.25, 0.3) is 0 Å². The molecule has 1 aromatic heterocycles. The summed E-state index contributed by atoms with van der Waals surface area (Å²) in [5.74, 6) is -5.61. The van der Waals surface area contributed by atoms with Crippen molar-refractivity contribution < 1.29 is 45.2 Å². The van der Waals surface area contributed by atoms with E-state index in [1.54, 1.807) is 4.72 Å². The van der Waals surface area contributed by atoms with E-state index in [2.05, 4.69) is 4.84 Å². The molecule has 1 amide bonds. The van der Waals surface area contributed by atoms with Crippen LogP contribution >= 0.6 is 11.6 Å². The van der Waals surface area contributed by atoms with E-state index in [1.807, 2.05) is 5.48 Å². The quantitative estimate of drug-likeness (QED) is 0.0862. The number of halogens is 5. The van der Waals surface area contributed by atoms with Crippen molar-refractivity contribution in [3.63, 3.8) is 0 Å². The molecule has 0 radical (unpaired) electrons. The monoisotopic (exact) mass is 586 g/mol. The van der Waals surface area contributed by atoms with Crippen molar-refractivity contribution in [2.45, 2.75) is 29.8 Å². The number of hydrogen-bond acceptors (Lipinski definition) is 8. The zero-order valence-electron chi connectivity index (χ0n) is 19.1. The summed E-state index contributed by atoms with van der Waals surface area (Å²) in [4.78, 5) is 45.2. The molecule has 1 aromatic carbocycles. The number of hydrogen-bond donors (Lipinski definition) is 5. The number of alkyl halides is 3. The molecule has 0 aliphatic carbocycles. The van der Waals surface area contributed by atoms with Gasteiger partial charge in [-0.2, -0.15) is 13.2 Å². The number of guanidine groups is 1. The van der Waals surface area contributed by atoms with Crippen LogP contribution in [0.15, 0.2) is 40.0 Å². The minimum atomic E-state index is -5.61. The summed E-state index contributed by atoms with van der Waals surface area (Å²) in [5.41, 5.74) is 7.05. The third-order valence-electron chi connectivity index (χ3n) is 4.87. The fraction of sp³-hybridized carbons (Fsp3) is 0.263. The predicted octanol–water partition coefficient (Wildman–Crippen LogP) is 0.507. The van der Waals surface area contributed by atoms with Gasteiger partial charge in [-0.15, -0.1) is 4.73 Å². The maximum absolute atomic E-state index is 13.3. The van der Waals surface area contributed by atoms with Crippen molar-refractivity contribution in [3.8, 4) is 0 Å². The minimum Gasteiger partial charge on any atom is -0.369 e. The largest absolute Gasteiger partial charge is 0.493 e. The molecule has 1 unspecified atom stereocenters. The predicted molar refractivity (Wildman–Crippen MR) is 123 cm³/mol. The molecular weight excluding hydrogens is 568 g/mol. The minimum absolute atomic E-state index is 0.247. The third kappa shape index (κ3) is 6.90. The number of nitrogens with two attached hydrogens (primary N) is 2. The summed E-state index contributed by atoms with van der Waals surface area (Å²) < 4.78 is 79.1. The summed E-state index contributed by atoms with van der Waals surface area (Å²) in [6, 6.07) is 3.73. The fourth-order valence-electron chi connectivity index (χ4n) is 2.89. The lowest BCUT2D eigenvalue weighted by molar-refractivity contribution is -0.200. The Labute approximate surface area is 216 Å². The number of carbonyl (C=O) groups is 2. The van der Waals surface area contributed by atoms with Crippen LogP contribution in [0.4, 0.5) is 23.2 Å². The number of pyridine rings is 1. The molecule has 0 bridgehead atoms. The molecule has 7 N–H and O–H groups in total. The Hall–Kier alpha value is -3.90. The normalized spacial score (nSPS) is 13.3. The van der Waals surface area contributed by atoms with E-state index in [-0.39, 0.29) is 4.73 Å². The molecule has 38 heavy (non-hydrogen) atoms. The van der Waals surface area contributed by atoms with Gasteiger partial charge < -0.3 is 16.3 Å². The summed E-state index contributed by atoms with van der Waals surface area (Å²) in [6.45, 7) is 0.624. The smallest absolute Gasteiger partial charge is 0.369 e. The highest BCUT2D eigenvalue weighted by atomic mass is 35.5. The lowest BCUT2D eigenvalue weighted by Gasteiger charge is -2.28. The van der Waals surface area contributed by atoms with Crippen LogP contribution in [0.5, 0.6) is 0 Å². The van der Waals surface area contributed by atoms with Gasteiger partial charge in [-0.05, 0) is 43.7 Å². The molecular formula is C19H19ClF4N6O7S. The Bertz CT molecular complexity index is 1430. The average molecular weight is 587 g/mol. The number of nitrogens with one attached hydrogen (secondary N) is 3. The average Bonchev–Trinajstić information content (AvgIpc) is 2.77. The SMILES string of the molecule is CC(CCONC(=N)N)(C(N)=O)c1ccc(NS(=O)(=O)c2ccc(F)cc2Cl)c(=O)n1OC(=O)C(F)(F)F. The zero-order chi connectivity index (χ0) is 29.1. The number of nitrogens with zero attached hydrogens (tertiary/aromatic N) is 1. The molecule has 0 saturated heterocycles. The van der Waals surface area contributed by atoms with E-state index in [0.29, 0.717) is 6.07 Å². The number of hydroxylamine groups is 1. The molecule has 0 fully saturated rings. The zero-order valence-corrected chi connectivity index (χ0v) is 20.6. The Morgan fingerprint density at radius 1 is 1.18 bits per heavy atom. The van der Waals surface area contributed by atoms with Gasteiger partial charge >= 0.3 is 17.7 Å². The first-order chi connectivity index (χ1) is 17.4. The van der Waals surface area contributed by atoms with E-state index in [9.17, 15) is 40.4 Å². The van der Waals surface area contributed by atoms with Gasteiger partial charge in [-0.25, -0.2) is 23.1 Å². The van der Waals surface area contributed by atoms with E-state index in [4.69, 9.17) is 33.3 Å². The van der Waals surface area contributed by atoms with Crippen LogP contribution < -0.4 is 32.1 Å². The number of sulfonamides is 1. The summed E-state index contributed by atoms with van der Waals surface area (Å²) in [6.07, 6.45) is -6.06. The molecule has 2 rings (SSSR count). The van der Waals surface area contributed by atoms with E-state index < -0.39 is 85.2 Å². The van der Waals surface area contributed by atoms with Crippen LogP contribution in [0, 0.1) is 11.2 Å². The van der Waals surface area contributed by atoms with E-state index in [1.165, 1.54) is 0 Å². The van der Waals surface area contributed by atoms with Gasteiger partial charge in [0.25, 0.3) is 10.0 Å². The fourth-order valence-corrected chi connectivity index (χ4v) is 4.47. The first-order valence-electron chi connectivity index (χ1n) is 9.96. The van der Waals surface area contributed by atoms with Gasteiger partial charge in [-0.3, -0.25) is 24.6 Å². The van der Waals surface area contributed by atoms with Gasteiger partial charge in [0.1, 0.15) is 16.4 Å². The van der Waals surface area contributed by atoms with Crippen LogP contribution in [0.3, 0.4) is 0 Å². The number of benzene rings is 1. The van der Waals surface area contributed by atoms with Gasteiger partial charge in [-0.1, -0.05) is 11.6 Å². The maximum Gasteiger partial charge on any atom is 0.493 e. The van der Waals surface area contributed by atoms with Crippen molar-refractivity contribution in [2.75, 3.05) is 11.3 Å². The molecule has 1 heterocycles. The number of carbonyl (C=O) groups excluding carboxylic acids is 2. The molecule has 0 aliphatic rings. The Morgan fingerprint density at radius 2 is 1.82 bits per heavy atom. The molecule has 0 saturated carbocycles. The topological polar surface area (TPSA) is 209 Å². The highest BCUT2D eigenvalue weighted by Gasteiger charge is 2.44. The number of amides is 1. The summed E-state index contributed by atoms with van der Waals surface area (Å²) >= 11 is 5.74. The lowest BCUT2D eigenvalue weighted by Crippen LogP contribution is -2.48. The lowest BCUT2D eigenvalue weighted by atomic mass is 9.82. The van der Waals surface area contributed by atoms with Crippen molar-refractivity contribution in [3.05, 3.63) is 57.2 Å². The molecule has 208 valence electrons. The maximum atomic E-state index is 13.3. The molecule has 2 aromatic rings. The van der Waals surface area contributed by atoms with Gasteiger partial charge in [0, 0.05) is 0 Å². The second-order valence-corrected chi connectivity index (χ2v) is 9.66. The van der Waals surface area contributed by atoms with Crippen molar-refractivity contribution in [1.82, 2.24) is 10.2 Å².